The van der Waals surface area contributed by atoms with E-state index >= 15 is 0 Å². The third-order valence-electron chi connectivity index (χ3n) is 3.56. The molecule has 1 atom stereocenters. The molecule has 0 aliphatic carbocycles. The Bertz CT molecular complexity index is 1010. The highest BCUT2D eigenvalue weighted by molar-refractivity contribution is 8.00. The van der Waals surface area contributed by atoms with E-state index in [1.807, 2.05) is 31.2 Å². The normalized spacial score (nSPS) is 12.1. The quantitative estimate of drug-likeness (QED) is 0.517. The fourth-order valence-corrected chi connectivity index (χ4v) is 3.30. The number of fused-ring (bicyclic) bond motifs is 1. The topological polar surface area (TPSA) is 58.7 Å². The first-order valence-corrected chi connectivity index (χ1v) is 8.61. The van der Waals surface area contributed by atoms with Crippen molar-refractivity contribution in [3.63, 3.8) is 0 Å². The van der Waals surface area contributed by atoms with Gasteiger partial charge in [0.2, 0.25) is 0 Å². The van der Waals surface area contributed by atoms with E-state index in [0.717, 1.165) is 11.3 Å². The smallest absolute Gasteiger partial charge is 0.266 e. The van der Waals surface area contributed by atoms with Crippen LogP contribution >= 0.6 is 23.4 Å². The van der Waals surface area contributed by atoms with E-state index in [2.05, 4.69) is 11.1 Å². The number of thioether (sulfide) groups is 1. The summed E-state index contributed by atoms with van der Waals surface area (Å²) in [5, 5.41) is 10.3. The SMILES string of the molecule is Cc1ccc(-n2c(S[C@@H](C)C#N)nc3cc(Cl)ccc3c2=O)cc1. The summed E-state index contributed by atoms with van der Waals surface area (Å²) in [4.78, 5) is 17.6. The zero-order valence-corrected chi connectivity index (χ0v) is 14.7. The van der Waals surface area contributed by atoms with E-state index < -0.39 is 0 Å². The van der Waals surface area contributed by atoms with Crippen molar-refractivity contribution in [2.24, 2.45) is 0 Å². The van der Waals surface area contributed by atoms with Crippen LogP contribution in [0.15, 0.2) is 52.4 Å². The lowest BCUT2D eigenvalue weighted by atomic mass is 10.2. The Balaban J connectivity index is 2.31. The molecule has 0 radical (unpaired) electrons. The van der Waals surface area contributed by atoms with Crippen molar-refractivity contribution in [1.82, 2.24) is 9.55 Å². The highest BCUT2D eigenvalue weighted by Gasteiger charge is 2.16. The van der Waals surface area contributed by atoms with Crippen LogP contribution in [0.1, 0.15) is 12.5 Å². The molecule has 0 spiro atoms. The second-order valence-electron chi connectivity index (χ2n) is 5.42. The molecule has 0 bridgehead atoms. The minimum absolute atomic E-state index is 0.173. The summed E-state index contributed by atoms with van der Waals surface area (Å²) in [5.41, 5.74) is 2.19. The van der Waals surface area contributed by atoms with Crippen molar-refractivity contribution < 1.29 is 0 Å². The fourth-order valence-electron chi connectivity index (χ4n) is 2.32. The standard InChI is InChI=1S/C18H14ClN3OS/c1-11-3-6-14(7-4-11)22-17(23)15-8-5-13(19)9-16(15)21-18(22)24-12(2)10-20/h3-9,12H,1-2H3/t12-/m0/s1. The Morgan fingerprint density at radius 3 is 2.62 bits per heavy atom. The first-order valence-electron chi connectivity index (χ1n) is 7.35. The van der Waals surface area contributed by atoms with Gasteiger partial charge in [0.1, 0.15) is 0 Å². The number of nitrogens with zero attached hydrogens (tertiary/aromatic N) is 3. The van der Waals surface area contributed by atoms with Crippen molar-refractivity contribution in [1.29, 1.82) is 5.26 Å². The average Bonchev–Trinajstić information content (AvgIpc) is 2.56. The molecular formula is C18H14ClN3OS. The van der Waals surface area contributed by atoms with Gasteiger partial charge in [-0.05, 0) is 44.2 Å². The van der Waals surface area contributed by atoms with Crippen LogP contribution in [0.25, 0.3) is 16.6 Å². The van der Waals surface area contributed by atoms with E-state index in [4.69, 9.17) is 16.9 Å². The van der Waals surface area contributed by atoms with Gasteiger partial charge in [0.05, 0.1) is 27.9 Å². The van der Waals surface area contributed by atoms with Crippen LogP contribution in [0.2, 0.25) is 5.02 Å². The van der Waals surface area contributed by atoms with E-state index in [1.165, 1.54) is 11.8 Å². The summed E-state index contributed by atoms with van der Waals surface area (Å²) in [5.74, 6) is 0. The van der Waals surface area contributed by atoms with Gasteiger partial charge >= 0.3 is 0 Å². The molecule has 6 heteroatoms. The maximum absolute atomic E-state index is 13.0. The number of halogens is 1. The molecule has 3 rings (SSSR count). The molecule has 3 aromatic rings. The molecule has 2 aromatic carbocycles. The number of nitriles is 1. The number of aromatic nitrogens is 2. The molecule has 0 amide bonds. The molecule has 120 valence electrons. The van der Waals surface area contributed by atoms with Crippen LogP contribution < -0.4 is 5.56 Å². The number of hydrogen-bond donors (Lipinski definition) is 0. The third kappa shape index (κ3) is 3.16. The Kier molecular flexibility index (Phi) is 4.61. The largest absolute Gasteiger partial charge is 0.268 e. The van der Waals surface area contributed by atoms with Crippen molar-refractivity contribution in [3.05, 3.63) is 63.4 Å². The van der Waals surface area contributed by atoms with Crippen molar-refractivity contribution in [2.75, 3.05) is 0 Å². The van der Waals surface area contributed by atoms with Crippen LogP contribution in [0, 0.1) is 18.3 Å². The minimum Gasteiger partial charge on any atom is -0.268 e. The predicted octanol–water partition coefficient (Wildman–Crippen LogP) is 4.35. The molecule has 1 heterocycles. The zero-order chi connectivity index (χ0) is 17.3. The van der Waals surface area contributed by atoms with Crippen LogP contribution in [0.5, 0.6) is 0 Å². The fraction of sp³-hybridized carbons (Fsp3) is 0.167. The first-order chi connectivity index (χ1) is 11.5. The lowest BCUT2D eigenvalue weighted by Crippen LogP contribution is -2.22. The molecule has 0 fully saturated rings. The number of rotatable bonds is 3. The van der Waals surface area contributed by atoms with Gasteiger partial charge in [0.15, 0.2) is 5.16 Å². The molecule has 24 heavy (non-hydrogen) atoms. The Hall–Kier alpha value is -2.29. The molecular weight excluding hydrogens is 342 g/mol. The summed E-state index contributed by atoms with van der Waals surface area (Å²) in [6, 6.07) is 14.8. The number of hydrogen-bond acceptors (Lipinski definition) is 4. The number of aryl methyl sites for hydroxylation is 1. The van der Waals surface area contributed by atoms with Crippen LogP contribution in [0.4, 0.5) is 0 Å². The second-order valence-corrected chi connectivity index (χ2v) is 7.17. The van der Waals surface area contributed by atoms with Crippen LogP contribution in [0.3, 0.4) is 0 Å². The average molecular weight is 356 g/mol. The van der Waals surface area contributed by atoms with Gasteiger partial charge in [-0.15, -0.1) is 0 Å². The van der Waals surface area contributed by atoms with Gasteiger partial charge in [0.25, 0.3) is 5.56 Å². The summed E-state index contributed by atoms with van der Waals surface area (Å²) in [6.07, 6.45) is 0. The molecule has 0 N–H and O–H groups in total. The van der Waals surface area contributed by atoms with Gasteiger partial charge in [-0.3, -0.25) is 9.36 Å². The third-order valence-corrected chi connectivity index (χ3v) is 4.74. The number of benzene rings is 2. The monoisotopic (exact) mass is 355 g/mol. The Morgan fingerprint density at radius 2 is 1.96 bits per heavy atom. The Morgan fingerprint density at radius 1 is 1.25 bits per heavy atom. The molecule has 1 aromatic heterocycles. The zero-order valence-electron chi connectivity index (χ0n) is 13.2. The lowest BCUT2D eigenvalue weighted by Gasteiger charge is -2.14. The van der Waals surface area contributed by atoms with Crippen molar-refractivity contribution in [3.8, 4) is 11.8 Å². The summed E-state index contributed by atoms with van der Waals surface area (Å²) in [7, 11) is 0. The van der Waals surface area contributed by atoms with E-state index in [-0.39, 0.29) is 10.8 Å². The molecule has 0 unspecified atom stereocenters. The van der Waals surface area contributed by atoms with Crippen molar-refractivity contribution in [2.45, 2.75) is 24.3 Å². The van der Waals surface area contributed by atoms with Crippen molar-refractivity contribution >= 4 is 34.3 Å². The molecule has 0 saturated heterocycles. The van der Waals surface area contributed by atoms with Crippen LogP contribution in [-0.4, -0.2) is 14.8 Å². The van der Waals surface area contributed by atoms with Gasteiger partial charge in [-0.25, -0.2) is 4.98 Å². The first kappa shape index (κ1) is 16.6. The van der Waals surface area contributed by atoms with Gasteiger partial charge in [-0.1, -0.05) is 41.1 Å². The summed E-state index contributed by atoms with van der Waals surface area (Å²) in [6.45, 7) is 3.76. The molecule has 4 nitrogen and oxygen atoms in total. The molecule has 0 aliphatic heterocycles. The van der Waals surface area contributed by atoms with E-state index in [0.29, 0.717) is 21.1 Å². The summed E-state index contributed by atoms with van der Waals surface area (Å²) >= 11 is 7.27. The Labute approximate surface area is 148 Å². The van der Waals surface area contributed by atoms with E-state index in [1.54, 1.807) is 29.7 Å². The molecule has 0 saturated carbocycles. The summed E-state index contributed by atoms with van der Waals surface area (Å²) < 4.78 is 1.55. The highest BCUT2D eigenvalue weighted by Crippen LogP contribution is 2.25. The van der Waals surface area contributed by atoms with E-state index in [9.17, 15) is 4.79 Å². The predicted molar refractivity (Wildman–Crippen MR) is 98.0 cm³/mol. The van der Waals surface area contributed by atoms with Gasteiger partial charge in [-0.2, -0.15) is 5.26 Å². The van der Waals surface area contributed by atoms with Gasteiger partial charge in [0, 0.05) is 5.02 Å². The molecule has 0 aliphatic rings. The maximum Gasteiger partial charge on any atom is 0.266 e. The highest BCUT2D eigenvalue weighted by atomic mass is 35.5. The lowest BCUT2D eigenvalue weighted by molar-refractivity contribution is 0.818. The van der Waals surface area contributed by atoms with Gasteiger partial charge < -0.3 is 0 Å². The minimum atomic E-state index is -0.328. The second kappa shape index (κ2) is 6.68. The maximum atomic E-state index is 13.0. The van der Waals surface area contributed by atoms with Crippen LogP contribution in [-0.2, 0) is 0 Å².